The Labute approximate surface area is 86.8 Å². The van der Waals surface area contributed by atoms with Gasteiger partial charge in [-0.2, -0.15) is 5.10 Å². The van der Waals surface area contributed by atoms with Crippen LogP contribution in [0.15, 0.2) is 12.4 Å². The van der Waals surface area contributed by atoms with Gasteiger partial charge in [-0.1, -0.05) is 12.2 Å². The minimum Gasteiger partial charge on any atom is -0.389 e. The summed E-state index contributed by atoms with van der Waals surface area (Å²) in [5.74, 6) is 0. The third-order valence-electron chi connectivity index (χ3n) is 2.17. The minimum absolute atomic E-state index is 0.362. The number of pyridine rings is 1. The van der Waals surface area contributed by atoms with Crippen LogP contribution in [0.5, 0.6) is 0 Å². The molecule has 2 rings (SSSR count). The van der Waals surface area contributed by atoms with Gasteiger partial charge in [-0.3, -0.25) is 0 Å². The van der Waals surface area contributed by atoms with Gasteiger partial charge in [0.2, 0.25) is 0 Å². The van der Waals surface area contributed by atoms with E-state index in [1.54, 1.807) is 4.52 Å². The predicted octanol–water partition coefficient (Wildman–Crippen LogP) is 0.980. The lowest BCUT2D eigenvalue weighted by Gasteiger charge is -2.07. The van der Waals surface area contributed by atoms with Crippen molar-refractivity contribution in [2.45, 2.75) is 13.8 Å². The fourth-order valence-electron chi connectivity index (χ4n) is 1.60. The lowest BCUT2D eigenvalue weighted by atomic mass is 10.1. The van der Waals surface area contributed by atoms with Gasteiger partial charge in [0.1, 0.15) is 11.3 Å². The summed E-state index contributed by atoms with van der Waals surface area (Å²) in [4.78, 5) is 4.51. The van der Waals surface area contributed by atoms with Gasteiger partial charge >= 0.3 is 0 Å². The highest BCUT2D eigenvalue weighted by Crippen LogP contribution is 2.15. The van der Waals surface area contributed by atoms with Crippen molar-refractivity contribution in [3.63, 3.8) is 0 Å². The molecule has 0 fully saturated rings. The second-order valence-electron chi connectivity index (χ2n) is 3.20. The van der Waals surface area contributed by atoms with E-state index in [4.69, 9.17) is 18.0 Å². The zero-order valence-electron chi connectivity index (χ0n) is 7.98. The van der Waals surface area contributed by atoms with Crippen LogP contribution in [0.4, 0.5) is 0 Å². The van der Waals surface area contributed by atoms with E-state index in [1.807, 2.05) is 19.9 Å². The number of hydrogen-bond donors (Lipinski definition) is 1. The monoisotopic (exact) mass is 206 g/mol. The smallest absolute Gasteiger partial charge is 0.165 e. The maximum absolute atomic E-state index is 5.64. The number of nitrogens with two attached hydrogens (primary N) is 1. The molecule has 0 saturated heterocycles. The van der Waals surface area contributed by atoms with Gasteiger partial charge in [0.25, 0.3) is 0 Å². The molecule has 0 radical (unpaired) electrons. The molecule has 2 heterocycles. The van der Waals surface area contributed by atoms with E-state index >= 15 is 0 Å². The number of aryl methyl sites for hydroxylation is 2. The number of hydrogen-bond acceptors (Lipinski definition) is 3. The summed E-state index contributed by atoms with van der Waals surface area (Å²) in [5, 5.41) is 4.09. The van der Waals surface area contributed by atoms with Crippen molar-refractivity contribution in [1.29, 1.82) is 0 Å². The molecule has 0 unspecified atom stereocenters. The lowest BCUT2D eigenvalue weighted by molar-refractivity contribution is 0.909. The molecule has 2 aromatic rings. The molecule has 0 amide bonds. The molecule has 0 spiro atoms. The predicted molar refractivity (Wildman–Crippen MR) is 58.3 cm³/mol. The zero-order valence-corrected chi connectivity index (χ0v) is 8.80. The molecular formula is C9H10N4S. The van der Waals surface area contributed by atoms with Crippen LogP contribution in [0, 0.1) is 13.8 Å². The van der Waals surface area contributed by atoms with Gasteiger partial charge in [-0.05, 0) is 25.5 Å². The fourth-order valence-corrected chi connectivity index (χ4v) is 1.85. The minimum atomic E-state index is 0.362. The number of nitrogens with zero attached hydrogens (tertiary/aromatic N) is 3. The van der Waals surface area contributed by atoms with Gasteiger partial charge in [0, 0.05) is 5.69 Å². The van der Waals surface area contributed by atoms with Crippen LogP contribution in [0.3, 0.4) is 0 Å². The molecular weight excluding hydrogens is 196 g/mol. The van der Waals surface area contributed by atoms with Crippen LogP contribution in [0.1, 0.15) is 16.8 Å². The van der Waals surface area contributed by atoms with E-state index in [9.17, 15) is 0 Å². The van der Waals surface area contributed by atoms with Crippen LogP contribution >= 0.6 is 12.2 Å². The number of thiocarbonyl (C=S) groups is 1. The van der Waals surface area contributed by atoms with E-state index in [0.717, 1.165) is 22.5 Å². The number of aromatic nitrogens is 3. The lowest BCUT2D eigenvalue weighted by Crippen LogP contribution is -2.14. The molecule has 0 atom stereocenters. The fraction of sp³-hybridized carbons (Fsp3) is 0.222. The summed E-state index contributed by atoms with van der Waals surface area (Å²) in [6.45, 7) is 3.94. The van der Waals surface area contributed by atoms with E-state index in [1.165, 1.54) is 6.33 Å². The first-order valence-electron chi connectivity index (χ1n) is 4.21. The highest BCUT2D eigenvalue weighted by Gasteiger charge is 2.11. The van der Waals surface area contributed by atoms with Gasteiger partial charge in [-0.25, -0.2) is 9.50 Å². The average molecular weight is 206 g/mol. The Morgan fingerprint density at radius 1 is 1.50 bits per heavy atom. The van der Waals surface area contributed by atoms with E-state index < -0.39 is 0 Å². The summed E-state index contributed by atoms with van der Waals surface area (Å²) < 4.78 is 1.74. The van der Waals surface area contributed by atoms with Crippen molar-refractivity contribution in [2.75, 3.05) is 0 Å². The van der Waals surface area contributed by atoms with Crippen molar-refractivity contribution in [3.05, 3.63) is 29.2 Å². The normalized spacial score (nSPS) is 10.7. The van der Waals surface area contributed by atoms with E-state index in [-0.39, 0.29) is 0 Å². The van der Waals surface area contributed by atoms with Gasteiger partial charge < -0.3 is 5.73 Å². The SMILES string of the molecule is Cc1cc(C)n2ncnc2c1C(N)=S. The van der Waals surface area contributed by atoms with Gasteiger partial charge in [0.05, 0.1) is 5.56 Å². The van der Waals surface area contributed by atoms with Crippen molar-refractivity contribution < 1.29 is 0 Å². The van der Waals surface area contributed by atoms with Crippen LogP contribution in [-0.2, 0) is 0 Å². The molecule has 14 heavy (non-hydrogen) atoms. The quantitative estimate of drug-likeness (QED) is 0.707. The third-order valence-corrected chi connectivity index (χ3v) is 2.38. The Balaban J connectivity index is 2.93. The van der Waals surface area contributed by atoms with E-state index in [0.29, 0.717) is 4.99 Å². The highest BCUT2D eigenvalue weighted by atomic mass is 32.1. The van der Waals surface area contributed by atoms with Crippen LogP contribution in [0.25, 0.3) is 5.65 Å². The van der Waals surface area contributed by atoms with E-state index in [2.05, 4.69) is 10.1 Å². The first kappa shape index (κ1) is 9.08. The van der Waals surface area contributed by atoms with Gasteiger partial charge in [-0.15, -0.1) is 0 Å². The first-order chi connectivity index (χ1) is 6.61. The summed E-state index contributed by atoms with van der Waals surface area (Å²) in [6, 6.07) is 2.00. The summed E-state index contributed by atoms with van der Waals surface area (Å²) in [5.41, 5.74) is 9.24. The third kappa shape index (κ3) is 1.17. The Bertz CT molecular complexity index is 515. The highest BCUT2D eigenvalue weighted by molar-refractivity contribution is 7.80. The Hall–Kier alpha value is -1.49. The average Bonchev–Trinajstić information content (AvgIpc) is 2.51. The molecule has 0 bridgehead atoms. The molecule has 0 aliphatic carbocycles. The Morgan fingerprint density at radius 2 is 2.21 bits per heavy atom. The number of rotatable bonds is 1. The molecule has 0 aliphatic heterocycles. The molecule has 2 aromatic heterocycles. The zero-order chi connectivity index (χ0) is 10.3. The Kier molecular flexibility index (Phi) is 1.96. The molecule has 0 aliphatic rings. The molecule has 2 N–H and O–H groups in total. The van der Waals surface area contributed by atoms with Crippen molar-refractivity contribution >= 4 is 22.9 Å². The number of fused-ring (bicyclic) bond motifs is 1. The molecule has 72 valence electrons. The standard InChI is InChI=1S/C9H10N4S/c1-5-3-6(2)13-9(11-4-12-13)7(5)8(10)14/h3-4H,1-2H3,(H2,10,14). The van der Waals surface area contributed by atoms with Gasteiger partial charge in [0.15, 0.2) is 5.65 Å². The molecule has 5 heteroatoms. The second kappa shape index (κ2) is 3.02. The summed E-state index contributed by atoms with van der Waals surface area (Å²) >= 11 is 4.98. The first-order valence-corrected chi connectivity index (χ1v) is 4.62. The maximum Gasteiger partial charge on any atom is 0.165 e. The second-order valence-corrected chi connectivity index (χ2v) is 3.64. The van der Waals surface area contributed by atoms with Crippen molar-refractivity contribution in [2.24, 2.45) is 5.73 Å². The summed E-state index contributed by atoms with van der Waals surface area (Å²) in [7, 11) is 0. The van der Waals surface area contributed by atoms with Crippen molar-refractivity contribution in [1.82, 2.24) is 14.6 Å². The topological polar surface area (TPSA) is 56.2 Å². The van der Waals surface area contributed by atoms with Crippen LogP contribution < -0.4 is 5.73 Å². The maximum atomic E-state index is 5.64. The van der Waals surface area contributed by atoms with Crippen LogP contribution in [0.2, 0.25) is 0 Å². The molecule has 0 saturated carbocycles. The summed E-state index contributed by atoms with van der Waals surface area (Å²) in [6.07, 6.45) is 1.50. The van der Waals surface area contributed by atoms with Crippen LogP contribution in [-0.4, -0.2) is 19.6 Å². The largest absolute Gasteiger partial charge is 0.389 e. The Morgan fingerprint density at radius 3 is 2.86 bits per heavy atom. The molecule has 0 aromatic carbocycles. The van der Waals surface area contributed by atoms with Crippen molar-refractivity contribution in [3.8, 4) is 0 Å². The molecule has 4 nitrogen and oxygen atoms in total.